The van der Waals surface area contributed by atoms with Gasteiger partial charge in [0.05, 0.1) is 17.1 Å². The normalized spacial score (nSPS) is 21.0. The van der Waals surface area contributed by atoms with Crippen LogP contribution in [0.15, 0.2) is 53.4 Å². The van der Waals surface area contributed by atoms with Gasteiger partial charge in [-0.25, -0.2) is 8.42 Å². The van der Waals surface area contributed by atoms with Gasteiger partial charge in [-0.1, -0.05) is 23.7 Å². The molecule has 0 saturated carbocycles. The maximum atomic E-state index is 13.0. The molecule has 1 heterocycles. The lowest BCUT2D eigenvalue weighted by Crippen LogP contribution is -2.48. The number of anilines is 1. The summed E-state index contributed by atoms with van der Waals surface area (Å²) in [6.07, 6.45) is -0.365. The predicted octanol–water partition coefficient (Wildman–Crippen LogP) is 3.39. The van der Waals surface area contributed by atoms with Crippen LogP contribution in [0.2, 0.25) is 5.02 Å². The molecule has 27 heavy (non-hydrogen) atoms. The van der Waals surface area contributed by atoms with Gasteiger partial charge in [-0.2, -0.15) is 4.31 Å². The van der Waals surface area contributed by atoms with E-state index in [2.05, 4.69) is 5.32 Å². The Morgan fingerprint density at radius 1 is 1.11 bits per heavy atom. The summed E-state index contributed by atoms with van der Waals surface area (Å²) in [6, 6.07) is 12.8. The first-order valence-corrected chi connectivity index (χ1v) is 10.4. The lowest BCUT2D eigenvalue weighted by atomic mass is 10.2. The van der Waals surface area contributed by atoms with E-state index >= 15 is 0 Å². The summed E-state index contributed by atoms with van der Waals surface area (Å²) in [5.74, 6) is -0.405. The number of nitrogens with zero attached hydrogens (tertiary/aromatic N) is 1. The minimum absolute atomic E-state index is 0.0857. The Hall–Kier alpha value is -1.93. The number of rotatable bonds is 4. The van der Waals surface area contributed by atoms with Crippen molar-refractivity contribution in [1.82, 2.24) is 4.31 Å². The van der Waals surface area contributed by atoms with Crippen LogP contribution >= 0.6 is 11.6 Å². The Kier molecular flexibility index (Phi) is 5.86. The van der Waals surface area contributed by atoms with Gasteiger partial charge >= 0.3 is 0 Å². The van der Waals surface area contributed by atoms with E-state index in [1.54, 1.807) is 36.4 Å². The second kappa shape index (κ2) is 7.98. The van der Waals surface area contributed by atoms with Crippen LogP contribution in [0.5, 0.6) is 0 Å². The molecule has 0 radical (unpaired) electrons. The molecule has 1 amide bonds. The van der Waals surface area contributed by atoms with Crippen LogP contribution in [0, 0.1) is 0 Å². The zero-order valence-electron chi connectivity index (χ0n) is 15.1. The van der Waals surface area contributed by atoms with Crippen molar-refractivity contribution in [2.75, 3.05) is 18.4 Å². The number of ether oxygens (including phenoxy) is 1. The lowest BCUT2D eigenvalue weighted by Gasteiger charge is -2.34. The summed E-state index contributed by atoms with van der Waals surface area (Å²) >= 11 is 5.92. The molecule has 0 unspecified atom stereocenters. The number of hydrogen-bond donors (Lipinski definition) is 1. The molecule has 2 aromatic carbocycles. The van der Waals surface area contributed by atoms with E-state index in [0.29, 0.717) is 10.7 Å². The van der Waals surface area contributed by atoms with E-state index in [0.717, 1.165) is 0 Å². The van der Waals surface area contributed by atoms with Gasteiger partial charge in [0.2, 0.25) is 10.0 Å². The van der Waals surface area contributed by atoms with E-state index in [1.165, 1.54) is 16.4 Å². The molecular formula is C19H21ClN2O4S. The Morgan fingerprint density at radius 2 is 1.78 bits per heavy atom. The number of sulfonamides is 1. The molecule has 3 rings (SSSR count). The number of amides is 1. The van der Waals surface area contributed by atoms with Crippen LogP contribution in [0.1, 0.15) is 24.2 Å². The molecule has 1 aliphatic rings. The summed E-state index contributed by atoms with van der Waals surface area (Å²) in [5.41, 5.74) is 0.794. The van der Waals surface area contributed by atoms with Crippen molar-refractivity contribution in [2.45, 2.75) is 31.0 Å². The average molecular weight is 409 g/mol. The third-order valence-corrected chi connectivity index (χ3v) is 6.27. The fourth-order valence-corrected chi connectivity index (χ4v) is 4.87. The molecule has 1 N–H and O–H groups in total. The van der Waals surface area contributed by atoms with Crippen molar-refractivity contribution in [2.24, 2.45) is 0 Å². The minimum Gasteiger partial charge on any atom is -0.373 e. The minimum atomic E-state index is -3.71. The Bertz CT molecular complexity index is 938. The van der Waals surface area contributed by atoms with Gasteiger partial charge in [-0.05, 0) is 50.2 Å². The molecule has 2 atom stereocenters. The van der Waals surface area contributed by atoms with E-state index in [9.17, 15) is 13.2 Å². The highest BCUT2D eigenvalue weighted by Crippen LogP contribution is 2.22. The second-order valence-corrected chi connectivity index (χ2v) is 8.95. The highest BCUT2D eigenvalue weighted by Gasteiger charge is 2.32. The van der Waals surface area contributed by atoms with Gasteiger partial charge in [0.15, 0.2) is 0 Å². The summed E-state index contributed by atoms with van der Waals surface area (Å²) in [5, 5.41) is 3.22. The van der Waals surface area contributed by atoms with Crippen molar-refractivity contribution in [3.63, 3.8) is 0 Å². The zero-order valence-corrected chi connectivity index (χ0v) is 16.6. The van der Waals surface area contributed by atoms with Gasteiger partial charge < -0.3 is 10.1 Å². The van der Waals surface area contributed by atoms with Gasteiger partial charge in [0, 0.05) is 29.4 Å². The number of hydrogen-bond acceptors (Lipinski definition) is 4. The first kappa shape index (κ1) is 19.8. The van der Waals surface area contributed by atoms with Crippen molar-refractivity contribution in [1.29, 1.82) is 0 Å². The summed E-state index contributed by atoms with van der Waals surface area (Å²) in [7, 11) is -3.71. The first-order valence-electron chi connectivity index (χ1n) is 8.58. The standard InChI is InChI=1S/C19H21ClN2O4S/c1-13-11-22(12-14(2)26-13)27(24,25)18-8-3-5-15(9-18)19(23)21-17-7-4-6-16(20)10-17/h3-10,13-14H,11-12H2,1-2H3,(H,21,23)/t13-,14-/m1/s1. The first-order chi connectivity index (χ1) is 12.8. The smallest absolute Gasteiger partial charge is 0.255 e. The Morgan fingerprint density at radius 3 is 2.44 bits per heavy atom. The zero-order chi connectivity index (χ0) is 19.6. The highest BCUT2D eigenvalue weighted by molar-refractivity contribution is 7.89. The maximum Gasteiger partial charge on any atom is 0.255 e. The van der Waals surface area contributed by atoms with Gasteiger partial charge in [0.25, 0.3) is 5.91 Å². The number of morpholine rings is 1. The summed E-state index contributed by atoms with van der Waals surface area (Å²) in [4.78, 5) is 12.6. The topological polar surface area (TPSA) is 75.7 Å². The largest absolute Gasteiger partial charge is 0.373 e. The van der Waals surface area contributed by atoms with E-state index in [-0.39, 0.29) is 35.8 Å². The number of carbonyl (C=O) groups excluding carboxylic acids is 1. The van der Waals surface area contributed by atoms with Crippen LogP contribution in [0.4, 0.5) is 5.69 Å². The maximum absolute atomic E-state index is 13.0. The van der Waals surface area contributed by atoms with Crippen LogP contribution < -0.4 is 5.32 Å². The molecule has 1 aliphatic heterocycles. The van der Waals surface area contributed by atoms with Crippen LogP contribution in [-0.2, 0) is 14.8 Å². The molecule has 0 aromatic heterocycles. The summed E-state index contributed by atoms with van der Waals surface area (Å²) in [6.45, 7) is 4.25. The summed E-state index contributed by atoms with van der Waals surface area (Å²) < 4.78 is 33.0. The molecule has 2 aromatic rings. The molecule has 0 bridgehead atoms. The lowest BCUT2D eigenvalue weighted by molar-refractivity contribution is -0.0440. The fraction of sp³-hybridized carbons (Fsp3) is 0.316. The monoisotopic (exact) mass is 408 g/mol. The van der Waals surface area contributed by atoms with E-state index < -0.39 is 15.9 Å². The van der Waals surface area contributed by atoms with Crippen LogP contribution in [0.3, 0.4) is 0 Å². The number of benzene rings is 2. The molecule has 1 fully saturated rings. The Balaban J connectivity index is 1.83. The van der Waals surface area contributed by atoms with E-state index in [4.69, 9.17) is 16.3 Å². The second-order valence-electron chi connectivity index (χ2n) is 6.57. The molecule has 1 saturated heterocycles. The third kappa shape index (κ3) is 4.68. The highest BCUT2D eigenvalue weighted by atomic mass is 35.5. The molecule has 0 spiro atoms. The van der Waals surface area contributed by atoms with Gasteiger partial charge in [-0.15, -0.1) is 0 Å². The molecule has 0 aliphatic carbocycles. The number of halogens is 1. The predicted molar refractivity (Wildman–Crippen MR) is 105 cm³/mol. The van der Waals surface area contributed by atoms with Crippen molar-refractivity contribution >= 4 is 33.2 Å². The number of carbonyl (C=O) groups is 1. The van der Waals surface area contributed by atoms with Gasteiger partial charge in [0.1, 0.15) is 0 Å². The number of nitrogens with one attached hydrogen (secondary N) is 1. The quantitative estimate of drug-likeness (QED) is 0.841. The SMILES string of the molecule is C[C@@H]1CN(S(=O)(=O)c2cccc(C(=O)Nc3cccc(Cl)c3)c2)C[C@@H](C)O1. The molecule has 6 nitrogen and oxygen atoms in total. The fourth-order valence-electron chi connectivity index (χ4n) is 3.04. The van der Waals surface area contributed by atoms with Crippen LogP contribution in [-0.4, -0.2) is 43.9 Å². The molecule has 144 valence electrons. The molecular weight excluding hydrogens is 388 g/mol. The van der Waals surface area contributed by atoms with Gasteiger partial charge in [-0.3, -0.25) is 4.79 Å². The third-order valence-electron chi connectivity index (χ3n) is 4.20. The van der Waals surface area contributed by atoms with Crippen molar-refractivity contribution < 1.29 is 17.9 Å². The Labute approximate surface area is 164 Å². The van der Waals surface area contributed by atoms with Crippen molar-refractivity contribution in [3.8, 4) is 0 Å². The van der Waals surface area contributed by atoms with Crippen molar-refractivity contribution in [3.05, 3.63) is 59.1 Å². The van der Waals surface area contributed by atoms with E-state index in [1.807, 2.05) is 13.8 Å². The average Bonchev–Trinajstić information content (AvgIpc) is 2.61. The molecule has 8 heteroatoms. The van der Waals surface area contributed by atoms with Crippen LogP contribution in [0.25, 0.3) is 0 Å².